The van der Waals surface area contributed by atoms with Crippen LogP contribution in [0.3, 0.4) is 0 Å². The molecule has 1 heterocycles. The van der Waals surface area contributed by atoms with Crippen molar-refractivity contribution in [3.8, 4) is 0 Å². The van der Waals surface area contributed by atoms with Crippen LogP contribution in [0.25, 0.3) is 0 Å². The molecule has 0 spiro atoms. The molecule has 96 valence electrons. The number of nitrogens with zero attached hydrogens (tertiary/aromatic N) is 2. The number of rotatable bonds is 6. The monoisotopic (exact) mass is 239 g/mol. The van der Waals surface area contributed by atoms with Gasteiger partial charge in [-0.3, -0.25) is 9.48 Å². The standard InChI is InChI=1S/C11H21N5O/c1-4-5-8-10(12)11(16(3)15-8)14-7-6-9(17)13-2/h14H,4-7,12H2,1-3H3,(H,13,17). The first-order chi connectivity index (χ1) is 8.10. The first-order valence-corrected chi connectivity index (χ1v) is 5.85. The fourth-order valence-corrected chi connectivity index (χ4v) is 1.65. The lowest BCUT2D eigenvalue weighted by Crippen LogP contribution is -2.21. The van der Waals surface area contributed by atoms with E-state index in [9.17, 15) is 4.79 Å². The summed E-state index contributed by atoms with van der Waals surface area (Å²) in [6.07, 6.45) is 2.31. The molecule has 6 heteroatoms. The van der Waals surface area contributed by atoms with Gasteiger partial charge in [-0.05, 0) is 6.42 Å². The van der Waals surface area contributed by atoms with E-state index in [4.69, 9.17) is 5.73 Å². The minimum Gasteiger partial charge on any atom is -0.394 e. The molecular formula is C11H21N5O. The molecule has 1 rings (SSSR count). The van der Waals surface area contributed by atoms with Gasteiger partial charge < -0.3 is 16.4 Å². The molecule has 0 fully saturated rings. The zero-order valence-corrected chi connectivity index (χ0v) is 10.7. The molecule has 0 saturated heterocycles. The highest BCUT2D eigenvalue weighted by atomic mass is 16.1. The fourth-order valence-electron chi connectivity index (χ4n) is 1.65. The van der Waals surface area contributed by atoms with Crippen LogP contribution < -0.4 is 16.4 Å². The van der Waals surface area contributed by atoms with Crippen molar-refractivity contribution in [2.24, 2.45) is 7.05 Å². The smallest absolute Gasteiger partial charge is 0.221 e. The molecule has 0 saturated carbocycles. The molecule has 0 atom stereocenters. The van der Waals surface area contributed by atoms with Crippen molar-refractivity contribution in [3.63, 3.8) is 0 Å². The maximum atomic E-state index is 11.1. The van der Waals surface area contributed by atoms with E-state index < -0.39 is 0 Å². The Morgan fingerprint density at radius 2 is 2.24 bits per heavy atom. The van der Waals surface area contributed by atoms with Gasteiger partial charge in [0.1, 0.15) is 5.82 Å². The van der Waals surface area contributed by atoms with E-state index in [-0.39, 0.29) is 5.91 Å². The highest BCUT2D eigenvalue weighted by molar-refractivity contribution is 5.76. The topological polar surface area (TPSA) is 85.0 Å². The maximum absolute atomic E-state index is 11.1. The lowest BCUT2D eigenvalue weighted by molar-refractivity contribution is -0.120. The zero-order valence-electron chi connectivity index (χ0n) is 10.7. The lowest BCUT2D eigenvalue weighted by atomic mass is 10.2. The Balaban J connectivity index is 2.61. The van der Waals surface area contributed by atoms with Gasteiger partial charge in [0.05, 0.1) is 11.4 Å². The molecule has 0 aromatic carbocycles. The van der Waals surface area contributed by atoms with E-state index in [0.29, 0.717) is 18.7 Å². The molecule has 0 radical (unpaired) electrons. The molecule has 0 aliphatic heterocycles. The minimum atomic E-state index is 0.00650. The van der Waals surface area contributed by atoms with E-state index in [1.54, 1.807) is 11.7 Å². The summed E-state index contributed by atoms with van der Waals surface area (Å²) in [4.78, 5) is 11.1. The molecular weight excluding hydrogens is 218 g/mol. The Kier molecular flexibility index (Phi) is 4.81. The predicted octanol–water partition coefficient (Wildman–Crippen LogP) is 0.503. The molecule has 0 unspecified atom stereocenters. The molecule has 0 aliphatic carbocycles. The predicted molar refractivity (Wildman–Crippen MR) is 68.8 cm³/mol. The second-order valence-electron chi connectivity index (χ2n) is 3.93. The van der Waals surface area contributed by atoms with Gasteiger partial charge in [-0.15, -0.1) is 0 Å². The molecule has 1 aromatic heterocycles. The number of hydrogen-bond donors (Lipinski definition) is 3. The second-order valence-corrected chi connectivity index (χ2v) is 3.93. The zero-order chi connectivity index (χ0) is 12.8. The van der Waals surface area contributed by atoms with Crippen LogP contribution in [-0.2, 0) is 18.3 Å². The molecule has 1 aromatic rings. The van der Waals surface area contributed by atoms with Gasteiger partial charge in [-0.2, -0.15) is 5.10 Å². The summed E-state index contributed by atoms with van der Waals surface area (Å²) in [6.45, 7) is 2.64. The Morgan fingerprint density at radius 1 is 1.53 bits per heavy atom. The summed E-state index contributed by atoms with van der Waals surface area (Å²) >= 11 is 0. The van der Waals surface area contributed by atoms with Crippen LogP contribution in [-0.4, -0.2) is 29.3 Å². The third-order valence-electron chi connectivity index (χ3n) is 2.57. The van der Waals surface area contributed by atoms with Gasteiger partial charge >= 0.3 is 0 Å². The number of nitrogens with two attached hydrogens (primary N) is 1. The van der Waals surface area contributed by atoms with Crippen molar-refractivity contribution in [2.75, 3.05) is 24.6 Å². The minimum absolute atomic E-state index is 0.00650. The number of hydrogen-bond acceptors (Lipinski definition) is 4. The summed E-state index contributed by atoms with van der Waals surface area (Å²) in [5, 5.41) is 10.1. The molecule has 0 bridgehead atoms. The first kappa shape index (κ1) is 13.3. The highest BCUT2D eigenvalue weighted by Crippen LogP contribution is 2.22. The van der Waals surface area contributed by atoms with Gasteiger partial charge in [-0.1, -0.05) is 13.3 Å². The average molecular weight is 239 g/mol. The fraction of sp³-hybridized carbons (Fsp3) is 0.636. The van der Waals surface area contributed by atoms with E-state index in [2.05, 4.69) is 22.7 Å². The number of aryl methyl sites for hydroxylation is 2. The summed E-state index contributed by atoms with van der Waals surface area (Å²) in [5.41, 5.74) is 7.59. The van der Waals surface area contributed by atoms with Crippen LogP contribution in [0.15, 0.2) is 0 Å². The summed E-state index contributed by atoms with van der Waals surface area (Å²) in [7, 11) is 3.47. The number of anilines is 2. The van der Waals surface area contributed by atoms with Crippen LogP contribution in [0.2, 0.25) is 0 Å². The quantitative estimate of drug-likeness (QED) is 0.675. The Hall–Kier alpha value is -1.72. The molecule has 1 amide bonds. The van der Waals surface area contributed by atoms with Crippen LogP contribution >= 0.6 is 0 Å². The van der Waals surface area contributed by atoms with Crippen LogP contribution in [0.5, 0.6) is 0 Å². The lowest BCUT2D eigenvalue weighted by Gasteiger charge is -2.06. The first-order valence-electron chi connectivity index (χ1n) is 5.85. The molecule has 0 aliphatic rings. The van der Waals surface area contributed by atoms with Crippen molar-refractivity contribution >= 4 is 17.4 Å². The highest BCUT2D eigenvalue weighted by Gasteiger charge is 2.12. The van der Waals surface area contributed by atoms with E-state index in [0.717, 1.165) is 24.4 Å². The molecule has 4 N–H and O–H groups in total. The van der Waals surface area contributed by atoms with Crippen LogP contribution in [0.4, 0.5) is 11.5 Å². The summed E-state index contributed by atoms with van der Waals surface area (Å²) < 4.78 is 1.73. The van der Waals surface area contributed by atoms with Crippen molar-refractivity contribution < 1.29 is 4.79 Å². The van der Waals surface area contributed by atoms with Crippen LogP contribution in [0, 0.1) is 0 Å². The number of nitrogen functional groups attached to an aromatic ring is 1. The normalized spacial score (nSPS) is 10.3. The molecule has 6 nitrogen and oxygen atoms in total. The Morgan fingerprint density at radius 3 is 2.82 bits per heavy atom. The van der Waals surface area contributed by atoms with Gasteiger partial charge in [0.15, 0.2) is 0 Å². The molecule has 17 heavy (non-hydrogen) atoms. The van der Waals surface area contributed by atoms with E-state index in [1.807, 2.05) is 7.05 Å². The van der Waals surface area contributed by atoms with Crippen molar-refractivity contribution in [2.45, 2.75) is 26.2 Å². The van der Waals surface area contributed by atoms with Gasteiger partial charge in [0.2, 0.25) is 5.91 Å². The van der Waals surface area contributed by atoms with Crippen LogP contribution in [0.1, 0.15) is 25.5 Å². The third kappa shape index (κ3) is 3.37. The number of amides is 1. The number of carbonyl (C=O) groups is 1. The number of nitrogens with one attached hydrogen (secondary N) is 2. The van der Waals surface area contributed by atoms with Gasteiger partial charge in [0, 0.05) is 27.1 Å². The van der Waals surface area contributed by atoms with Gasteiger partial charge in [0.25, 0.3) is 0 Å². The number of aromatic nitrogens is 2. The second kappa shape index (κ2) is 6.12. The SMILES string of the molecule is CCCc1nn(C)c(NCCC(=O)NC)c1N. The van der Waals surface area contributed by atoms with Crippen molar-refractivity contribution in [1.29, 1.82) is 0 Å². The average Bonchev–Trinajstić information content (AvgIpc) is 2.57. The van der Waals surface area contributed by atoms with Crippen molar-refractivity contribution in [3.05, 3.63) is 5.69 Å². The van der Waals surface area contributed by atoms with Gasteiger partial charge in [-0.25, -0.2) is 0 Å². The maximum Gasteiger partial charge on any atom is 0.221 e. The summed E-state index contributed by atoms with van der Waals surface area (Å²) in [5.74, 6) is 0.796. The Labute approximate surface area is 102 Å². The largest absolute Gasteiger partial charge is 0.394 e. The van der Waals surface area contributed by atoms with Crippen molar-refractivity contribution in [1.82, 2.24) is 15.1 Å². The Bertz CT molecular complexity index is 385. The number of carbonyl (C=O) groups excluding carboxylic acids is 1. The third-order valence-corrected chi connectivity index (χ3v) is 2.57. The van der Waals surface area contributed by atoms with E-state index in [1.165, 1.54) is 0 Å². The summed E-state index contributed by atoms with van der Waals surface area (Å²) in [6, 6.07) is 0. The van der Waals surface area contributed by atoms with E-state index >= 15 is 0 Å².